The van der Waals surface area contributed by atoms with E-state index in [0.717, 1.165) is 9.80 Å². The third-order valence-corrected chi connectivity index (χ3v) is 6.20. The quantitative estimate of drug-likeness (QED) is 0.226. The third kappa shape index (κ3) is 5.77. The largest absolute Gasteiger partial charge is 0.484 e. The zero-order chi connectivity index (χ0) is 28.1. The molecule has 0 unspecified atom stereocenters. The van der Waals surface area contributed by atoms with Gasteiger partial charge in [0.1, 0.15) is 11.3 Å². The summed E-state index contributed by atoms with van der Waals surface area (Å²) in [5.41, 5.74) is 1.51. The van der Waals surface area contributed by atoms with E-state index in [-0.39, 0.29) is 18.1 Å². The standard InChI is InChI=1S/C31H22ClN3O5/c32-22-14-16-23(17-15-22)33-28(36)20-40-26-13-7-8-21(18-26)19-27-29(37)34(24-9-3-1-4-10-24)31(39)35(30(27)38)25-11-5-2-6-12-25/h1-19H,20H2,(H,33,36). The molecular weight excluding hydrogens is 530 g/mol. The van der Waals surface area contributed by atoms with Gasteiger partial charge in [-0.25, -0.2) is 14.6 Å². The minimum absolute atomic E-state index is 0.204. The zero-order valence-corrected chi connectivity index (χ0v) is 21.7. The Kier molecular flexibility index (Phi) is 7.70. The number of carbonyl (C=O) groups excluding carboxylic acids is 4. The Morgan fingerprint density at radius 2 is 1.32 bits per heavy atom. The Labute approximate surface area is 235 Å². The van der Waals surface area contributed by atoms with Crippen molar-refractivity contribution in [2.24, 2.45) is 0 Å². The molecule has 0 atom stereocenters. The Morgan fingerprint density at radius 3 is 1.90 bits per heavy atom. The van der Waals surface area contributed by atoms with Gasteiger partial charge in [0.2, 0.25) is 0 Å². The minimum Gasteiger partial charge on any atom is -0.484 e. The average Bonchev–Trinajstić information content (AvgIpc) is 2.97. The maximum absolute atomic E-state index is 13.5. The molecule has 40 heavy (non-hydrogen) atoms. The topological polar surface area (TPSA) is 96.0 Å². The number of anilines is 3. The van der Waals surface area contributed by atoms with Crippen LogP contribution in [0.15, 0.2) is 115 Å². The number of nitrogens with zero attached hydrogens (tertiary/aromatic N) is 2. The number of rotatable bonds is 7. The molecule has 0 saturated carbocycles. The number of nitrogens with one attached hydrogen (secondary N) is 1. The Balaban J connectivity index is 1.40. The molecule has 4 aromatic rings. The summed E-state index contributed by atoms with van der Waals surface area (Å²) < 4.78 is 5.63. The highest BCUT2D eigenvalue weighted by Gasteiger charge is 2.43. The van der Waals surface area contributed by atoms with Crippen molar-refractivity contribution in [2.45, 2.75) is 0 Å². The lowest BCUT2D eigenvalue weighted by Gasteiger charge is -2.33. The summed E-state index contributed by atoms with van der Waals surface area (Å²) in [5, 5.41) is 3.26. The van der Waals surface area contributed by atoms with Crippen LogP contribution in [-0.4, -0.2) is 30.4 Å². The van der Waals surface area contributed by atoms with Crippen LogP contribution < -0.4 is 19.9 Å². The molecule has 198 valence electrons. The van der Waals surface area contributed by atoms with Crippen LogP contribution in [0.1, 0.15) is 5.56 Å². The molecule has 0 aliphatic carbocycles. The first-order valence-corrected chi connectivity index (χ1v) is 12.6. The van der Waals surface area contributed by atoms with Gasteiger partial charge in [0.05, 0.1) is 11.4 Å². The van der Waals surface area contributed by atoms with Gasteiger partial charge in [-0.15, -0.1) is 0 Å². The Hall–Kier alpha value is -5.21. The highest BCUT2D eigenvalue weighted by Crippen LogP contribution is 2.30. The minimum atomic E-state index is -0.770. The number of benzene rings is 4. The number of ether oxygens (including phenoxy) is 1. The van der Waals surface area contributed by atoms with Gasteiger partial charge in [-0.05, 0) is 72.3 Å². The maximum Gasteiger partial charge on any atom is 0.343 e. The molecule has 1 fully saturated rings. The van der Waals surface area contributed by atoms with Crippen molar-refractivity contribution in [3.63, 3.8) is 0 Å². The molecule has 0 spiro atoms. The third-order valence-electron chi connectivity index (χ3n) is 5.95. The molecule has 1 N–H and O–H groups in total. The van der Waals surface area contributed by atoms with Crippen LogP contribution in [-0.2, 0) is 14.4 Å². The van der Waals surface area contributed by atoms with Crippen molar-refractivity contribution in [1.29, 1.82) is 0 Å². The first-order chi connectivity index (χ1) is 19.4. The van der Waals surface area contributed by atoms with Crippen molar-refractivity contribution < 1.29 is 23.9 Å². The number of hydrogen-bond donors (Lipinski definition) is 1. The molecule has 1 aliphatic heterocycles. The van der Waals surface area contributed by atoms with E-state index >= 15 is 0 Å². The summed E-state index contributed by atoms with van der Waals surface area (Å²) in [6.07, 6.45) is 1.41. The van der Waals surface area contributed by atoms with Crippen LogP contribution in [0.3, 0.4) is 0 Å². The van der Waals surface area contributed by atoms with Crippen molar-refractivity contribution >= 4 is 58.5 Å². The maximum atomic E-state index is 13.5. The SMILES string of the molecule is O=C(COc1cccc(C=C2C(=O)N(c3ccccc3)C(=O)N(c3ccccc3)C2=O)c1)Nc1ccc(Cl)cc1. The first kappa shape index (κ1) is 26.4. The Bertz CT molecular complexity index is 1540. The number of urea groups is 1. The molecule has 0 radical (unpaired) electrons. The summed E-state index contributed by atoms with van der Waals surface area (Å²) in [6, 6.07) is 29.3. The van der Waals surface area contributed by atoms with E-state index in [9.17, 15) is 19.2 Å². The lowest BCUT2D eigenvalue weighted by Crippen LogP contribution is -2.57. The fourth-order valence-corrected chi connectivity index (χ4v) is 4.21. The fourth-order valence-electron chi connectivity index (χ4n) is 4.08. The van der Waals surface area contributed by atoms with Crippen LogP contribution in [0, 0.1) is 0 Å². The average molecular weight is 552 g/mol. The van der Waals surface area contributed by atoms with E-state index in [0.29, 0.717) is 33.4 Å². The van der Waals surface area contributed by atoms with Gasteiger partial charge < -0.3 is 10.1 Å². The molecule has 1 aliphatic rings. The molecule has 1 saturated heterocycles. The number of hydrogen-bond acceptors (Lipinski definition) is 5. The van der Waals surface area contributed by atoms with Crippen LogP contribution in [0.5, 0.6) is 5.75 Å². The van der Waals surface area contributed by atoms with Gasteiger partial charge in [0, 0.05) is 10.7 Å². The van der Waals surface area contributed by atoms with Gasteiger partial charge >= 0.3 is 6.03 Å². The van der Waals surface area contributed by atoms with E-state index in [2.05, 4.69) is 5.32 Å². The van der Waals surface area contributed by atoms with Gasteiger partial charge in [0.15, 0.2) is 6.61 Å². The van der Waals surface area contributed by atoms with E-state index in [1.165, 1.54) is 6.08 Å². The predicted octanol–water partition coefficient (Wildman–Crippen LogP) is 5.94. The van der Waals surface area contributed by atoms with Gasteiger partial charge in [-0.3, -0.25) is 14.4 Å². The normalized spacial score (nSPS) is 13.3. The van der Waals surface area contributed by atoms with Crippen molar-refractivity contribution in [2.75, 3.05) is 21.7 Å². The summed E-state index contributed by atoms with van der Waals surface area (Å²) in [4.78, 5) is 54.7. The molecule has 1 heterocycles. The second-order valence-corrected chi connectivity index (χ2v) is 9.15. The molecule has 5 amide bonds. The second kappa shape index (κ2) is 11.7. The molecular formula is C31H22ClN3O5. The van der Waals surface area contributed by atoms with E-state index in [1.54, 1.807) is 109 Å². The molecule has 9 heteroatoms. The number of halogens is 1. The fraction of sp³-hybridized carbons (Fsp3) is 0.0323. The molecule has 4 aromatic carbocycles. The highest BCUT2D eigenvalue weighted by atomic mass is 35.5. The molecule has 0 aromatic heterocycles. The van der Waals surface area contributed by atoms with Crippen LogP contribution >= 0.6 is 11.6 Å². The van der Waals surface area contributed by atoms with Gasteiger partial charge in [-0.1, -0.05) is 60.1 Å². The summed E-state index contributed by atoms with van der Waals surface area (Å²) in [6.45, 7) is -0.265. The van der Waals surface area contributed by atoms with Crippen LogP contribution in [0.2, 0.25) is 5.02 Å². The molecule has 5 rings (SSSR count). The molecule has 0 bridgehead atoms. The summed E-state index contributed by atoms with van der Waals surface area (Å²) in [5.74, 6) is -1.52. The predicted molar refractivity (Wildman–Crippen MR) is 153 cm³/mol. The number of imide groups is 2. The number of carbonyl (C=O) groups is 4. The van der Waals surface area contributed by atoms with E-state index < -0.39 is 17.8 Å². The first-order valence-electron chi connectivity index (χ1n) is 12.2. The lowest BCUT2D eigenvalue weighted by atomic mass is 10.0. The van der Waals surface area contributed by atoms with Crippen LogP contribution in [0.25, 0.3) is 6.08 Å². The summed E-state index contributed by atoms with van der Waals surface area (Å²) >= 11 is 5.87. The van der Waals surface area contributed by atoms with Crippen LogP contribution in [0.4, 0.5) is 21.9 Å². The van der Waals surface area contributed by atoms with Crippen molar-refractivity contribution in [3.05, 3.63) is 125 Å². The van der Waals surface area contributed by atoms with Gasteiger partial charge in [0.25, 0.3) is 17.7 Å². The molecule has 8 nitrogen and oxygen atoms in total. The Morgan fingerprint density at radius 1 is 0.750 bits per heavy atom. The number of amides is 5. The lowest BCUT2D eigenvalue weighted by molar-refractivity contribution is -0.121. The second-order valence-electron chi connectivity index (χ2n) is 8.71. The van der Waals surface area contributed by atoms with E-state index in [1.807, 2.05) is 0 Å². The van der Waals surface area contributed by atoms with Gasteiger partial charge in [-0.2, -0.15) is 0 Å². The zero-order valence-electron chi connectivity index (χ0n) is 21.0. The van der Waals surface area contributed by atoms with E-state index in [4.69, 9.17) is 16.3 Å². The summed E-state index contributed by atoms with van der Waals surface area (Å²) in [7, 11) is 0. The monoisotopic (exact) mass is 551 g/mol. The van der Waals surface area contributed by atoms with Crippen molar-refractivity contribution in [3.8, 4) is 5.75 Å². The number of barbiturate groups is 1. The smallest absolute Gasteiger partial charge is 0.343 e. The number of para-hydroxylation sites is 2. The van der Waals surface area contributed by atoms with Crippen molar-refractivity contribution in [1.82, 2.24) is 0 Å². The highest BCUT2D eigenvalue weighted by molar-refractivity contribution is 6.46.